The number of hydrogen-bond acceptors (Lipinski definition) is 4. The van der Waals surface area contributed by atoms with Crippen LogP contribution in [-0.4, -0.2) is 65.2 Å². The Hall–Kier alpha value is -2.13. The van der Waals surface area contributed by atoms with Gasteiger partial charge in [0.2, 0.25) is 0 Å². The Kier molecular flexibility index (Phi) is 7.18. The van der Waals surface area contributed by atoms with Crippen LogP contribution in [0.1, 0.15) is 11.1 Å². The fourth-order valence-electron chi connectivity index (χ4n) is 2.06. The molecule has 0 saturated carbocycles. The van der Waals surface area contributed by atoms with Crippen molar-refractivity contribution in [2.75, 3.05) is 33.2 Å². The van der Waals surface area contributed by atoms with Gasteiger partial charge in [0.15, 0.2) is 0 Å². The lowest BCUT2D eigenvalue weighted by Gasteiger charge is -2.32. The first-order chi connectivity index (χ1) is 11.1. The maximum absolute atomic E-state index is 12.4. The molecule has 1 aromatic carbocycles. The van der Waals surface area contributed by atoms with Crippen molar-refractivity contribution in [1.29, 1.82) is 0 Å². The molecule has 1 aromatic rings. The zero-order chi connectivity index (χ0) is 18.3. The normalized spacial score (nSPS) is 16.2. The molecule has 1 aliphatic rings. The average molecular weight is 348 g/mol. The second kappa shape index (κ2) is 8.65. The van der Waals surface area contributed by atoms with Crippen LogP contribution in [0.2, 0.25) is 0 Å². The molecular weight excluding hydrogens is 329 g/mol. The monoisotopic (exact) mass is 348 g/mol. The third-order valence-electron chi connectivity index (χ3n) is 3.47. The van der Waals surface area contributed by atoms with Gasteiger partial charge >= 0.3 is 18.1 Å². The maximum atomic E-state index is 12.4. The molecule has 0 unspecified atom stereocenters. The number of alkyl halides is 3. The Morgan fingerprint density at radius 1 is 1.00 bits per heavy atom. The molecule has 0 radical (unpaired) electrons. The van der Waals surface area contributed by atoms with Gasteiger partial charge in [-0.25, -0.2) is 9.59 Å². The van der Waals surface area contributed by atoms with E-state index in [4.69, 9.17) is 19.8 Å². The number of carboxylic acids is 2. The lowest BCUT2D eigenvalue weighted by Crippen LogP contribution is -2.43. The predicted molar refractivity (Wildman–Crippen MR) is 79.5 cm³/mol. The largest absolute Gasteiger partial charge is 0.473 e. The van der Waals surface area contributed by atoms with Crippen molar-refractivity contribution in [3.05, 3.63) is 35.4 Å². The molecule has 1 fully saturated rings. The van der Waals surface area contributed by atoms with Crippen molar-refractivity contribution in [3.8, 4) is 0 Å². The number of nitrogens with zero attached hydrogens (tertiary/aromatic N) is 2. The minimum Gasteiger partial charge on any atom is -0.473 e. The summed E-state index contributed by atoms with van der Waals surface area (Å²) in [5, 5.41) is 14.8. The number of piperazine rings is 1. The number of halogens is 3. The van der Waals surface area contributed by atoms with E-state index < -0.39 is 23.7 Å². The van der Waals surface area contributed by atoms with E-state index >= 15 is 0 Å². The Morgan fingerprint density at radius 2 is 1.46 bits per heavy atom. The highest BCUT2D eigenvalue weighted by molar-refractivity contribution is 6.27. The summed E-state index contributed by atoms with van der Waals surface area (Å²) >= 11 is 0. The minimum atomic E-state index is -4.24. The molecule has 9 heteroatoms. The van der Waals surface area contributed by atoms with Crippen LogP contribution >= 0.6 is 0 Å². The van der Waals surface area contributed by atoms with E-state index in [0.717, 1.165) is 50.4 Å². The smallest absolute Gasteiger partial charge is 0.416 e. The van der Waals surface area contributed by atoms with Gasteiger partial charge in [0.25, 0.3) is 0 Å². The Morgan fingerprint density at radius 3 is 1.83 bits per heavy atom. The molecule has 24 heavy (non-hydrogen) atoms. The average Bonchev–Trinajstić information content (AvgIpc) is 2.50. The summed E-state index contributed by atoms with van der Waals surface area (Å²) < 4.78 is 37.2. The molecule has 0 spiro atoms. The van der Waals surface area contributed by atoms with Gasteiger partial charge in [-0.1, -0.05) is 12.1 Å². The summed E-state index contributed by atoms with van der Waals surface area (Å²) in [5.74, 6) is -3.65. The third kappa shape index (κ3) is 6.97. The predicted octanol–water partition coefficient (Wildman–Crippen LogP) is 1.61. The summed E-state index contributed by atoms with van der Waals surface area (Å²) in [6.07, 6.45) is -4.24. The fourth-order valence-corrected chi connectivity index (χ4v) is 2.06. The number of benzene rings is 1. The topological polar surface area (TPSA) is 81.1 Å². The molecule has 1 saturated heterocycles. The van der Waals surface area contributed by atoms with Crippen LogP contribution in [-0.2, 0) is 22.3 Å². The molecule has 2 N–H and O–H groups in total. The Bertz CT molecular complexity index is 541. The summed E-state index contributed by atoms with van der Waals surface area (Å²) in [4.78, 5) is 22.7. The zero-order valence-corrected chi connectivity index (χ0v) is 13.1. The van der Waals surface area contributed by atoms with Crippen LogP contribution in [0.4, 0.5) is 13.2 Å². The molecule has 134 valence electrons. The Balaban J connectivity index is 0.000000413. The lowest BCUT2D eigenvalue weighted by molar-refractivity contribution is -0.159. The van der Waals surface area contributed by atoms with Crippen molar-refractivity contribution in [2.45, 2.75) is 12.7 Å². The van der Waals surface area contributed by atoms with E-state index in [-0.39, 0.29) is 0 Å². The van der Waals surface area contributed by atoms with Crippen LogP contribution in [0.5, 0.6) is 0 Å². The molecule has 1 aliphatic heterocycles. The van der Waals surface area contributed by atoms with E-state index in [0.29, 0.717) is 0 Å². The molecule has 6 nitrogen and oxygen atoms in total. The van der Waals surface area contributed by atoms with E-state index in [1.54, 1.807) is 12.1 Å². The number of carbonyl (C=O) groups is 2. The van der Waals surface area contributed by atoms with Crippen LogP contribution in [0.25, 0.3) is 0 Å². The van der Waals surface area contributed by atoms with Crippen LogP contribution in [0.3, 0.4) is 0 Å². The molecule has 1 heterocycles. The van der Waals surface area contributed by atoms with Crippen molar-refractivity contribution in [3.63, 3.8) is 0 Å². The van der Waals surface area contributed by atoms with E-state index in [9.17, 15) is 13.2 Å². The number of likely N-dealkylation sites (N-methyl/N-ethyl adjacent to an activating group) is 1. The summed E-state index contributed by atoms with van der Waals surface area (Å²) in [6.45, 7) is 4.70. The first-order valence-electron chi connectivity index (χ1n) is 7.13. The second-order valence-corrected chi connectivity index (χ2v) is 5.38. The van der Waals surface area contributed by atoms with Gasteiger partial charge in [-0.05, 0) is 24.7 Å². The van der Waals surface area contributed by atoms with Gasteiger partial charge in [0.05, 0.1) is 5.56 Å². The highest BCUT2D eigenvalue weighted by atomic mass is 19.4. The first kappa shape index (κ1) is 19.9. The number of rotatable bonds is 2. The lowest BCUT2D eigenvalue weighted by atomic mass is 10.1. The molecule has 0 amide bonds. The number of aliphatic carboxylic acids is 2. The molecule has 0 aliphatic carbocycles. The first-order valence-corrected chi connectivity index (χ1v) is 7.13. The molecule has 0 bridgehead atoms. The van der Waals surface area contributed by atoms with Crippen molar-refractivity contribution >= 4 is 11.9 Å². The Labute approximate surface area is 137 Å². The van der Waals surface area contributed by atoms with Crippen molar-refractivity contribution in [1.82, 2.24) is 9.80 Å². The van der Waals surface area contributed by atoms with Gasteiger partial charge < -0.3 is 15.1 Å². The van der Waals surface area contributed by atoms with E-state index in [1.807, 2.05) is 0 Å². The number of hydrogen-bond donors (Lipinski definition) is 2. The molecule has 0 atom stereocenters. The third-order valence-corrected chi connectivity index (χ3v) is 3.47. The standard InChI is InChI=1S/C13H17F3N2.C2H2O4/c1-17-6-8-18(9-7-17)10-11-2-4-12(5-3-11)13(14,15)16;3-1(4)2(5)6/h2-5H,6-10H2,1H3;(H,3,4)(H,5,6). The van der Waals surface area contributed by atoms with Crippen LogP contribution < -0.4 is 0 Å². The minimum absolute atomic E-state index is 0.579. The summed E-state index contributed by atoms with van der Waals surface area (Å²) in [5.41, 5.74) is 0.359. The highest BCUT2D eigenvalue weighted by Crippen LogP contribution is 2.29. The quantitative estimate of drug-likeness (QED) is 0.791. The fraction of sp³-hybridized carbons (Fsp3) is 0.467. The SMILES string of the molecule is CN1CCN(Cc2ccc(C(F)(F)F)cc2)CC1.O=C(O)C(=O)O. The summed E-state index contributed by atoms with van der Waals surface area (Å²) in [6, 6.07) is 5.46. The van der Waals surface area contributed by atoms with Crippen LogP contribution in [0, 0.1) is 0 Å². The van der Waals surface area contributed by atoms with E-state index in [2.05, 4.69) is 16.8 Å². The zero-order valence-electron chi connectivity index (χ0n) is 13.1. The molecule has 0 aromatic heterocycles. The van der Waals surface area contributed by atoms with E-state index in [1.165, 1.54) is 0 Å². The second-order valence-electron chi connectivity index (χ2n) is 5.38. The van der Waals surface area contributed by atoms with Gasteiger partial charge in [0.1, 0.15) is 0 Å². The van der Waals surface area contributed by atoms with Crippen molar-refractivity contribution < 1.29 is 33.0 Å². The van der Waals surface area contributed by atoms with Gasteiger partial charge in [-0.15, -0.1) is 0 Å². The molecule has 2 rings (SSSR count). The van der Waals surface area contributed by atoms with Gasteiger partial charge in [0, 0.05) is 32.7 Å². The van der Waals surface area contributed by atoms with Gasteiger partial charge in [-0.2, -0.15) is 13.2 Å². The highest BCUT2D eigenvalue weighted by Gasteiger charge is 2.30. The molecular formula is C15H19F3N2O4. The van der Waals surface area contributed by atoms with Crippen molar-refractivity contribution in [2.24, 2.45) is 0 Å². The summed E-state index contributed by atoms with van der Waals surface area (Å²) in [7, 11) is 2.08. The van der Waals surface area contributed by atoms with Crippen LogP contribution in [0.15, 0.2) is 24.3 Å². The number of carboxylic acid groups (broad SMARTS) is 2. The maximum Gasteiger partial charge on any atom is 0.416 e. The van der Waals surface area contributed by atoms with Gasteiger partial charge in [-0.3, -0.25) is 4.90 Å².